The maximum Gasteiger partial charge on any atom is 0.319 e. The third-order valence-electron chi connectivity index (χ3n) is 4.24. The number of para-hydroxylation sites is 1. The Bertz CT molecular complexity index is 1050. The summed E-state index contributed by atoms with van der Waals surface area (Å²) in [6.45, 7) is -2.19. The molecule has 2 aromatic carbocycles. The van der Waals surface area contributed by atoms with Crippen molar-refractivity contribution in [1.82, 2.24) is 19.5 Å². The molecule has 2 aromatic heterocycles. The number of aromatic nitrogens is 4. The number of hydrogen-bond donors (Lipinski definition) is 1. The maximum atomic E-state index is 12.9. The molecule has 0 saturated heterocycles. The monoisotopic (exact) mass is 365 g/mol. The van der Waals surface area contributed by atoms with Gasteiger partial charge in [-0.15, -0.1) is 0 Å². The Hall–Kier alpha value is -3.35. The van der Waals surface area contributed by atoms with E-state index in [1.165, 1.54) is 12.4 Å². The predicted molar refractivity (Wildman–Crippen MR) is 101 cm³/mol. The molecule has 0 spiro atoms. The van der Waals surface area contributed by atoms with Crippen molar-refractivity contribution in [2.75, 3.05) is 11.9 Å². The molecule has 0 amide bonds. The summed E-state index contributed by atoms with van der Waals surface area (Å²) in [6.07, 6.45) is 3.00. The van der Waals surface area contributed by atoms with E-state index in [9.17, 15) is 8.78 Å². The van der Waals surface area contributed by atoms with Crippen LogP contribution in [0.5, 0.6) is 0 Å². The van der Waals surface area contributed by atoms with E-state index in [0.717, 1.165) is 26.7 Å². The first-order chi connectivity index (χ1) is 13.2. The lowest BCUT2D eigenvalue weighted by Crippen LogP contribution is -2.12. The summed E-state index contributed by atoms with van der Waals surface area (Å²) in [6, 6.07) is 17.7. The Kier molecular flexibility index (Phi) is 4.74. The van der Waals surface area contributed by atoms with Gasteiger partial charge in [0.1, 0.15) is 5.82 Å². The van der Waals surface area contributed by atoms with E-state index < -0.39 is 6.55 Å². The minimum atomic E-state index is -2.59. The van der Waals surface area contributed by atoms with E-state index in [1.54, 1.807) is 0 Å². The number of nitrogens with zero attached hydrogens (tertiary/aromatic N) is 4. The minimum Gasteiger partial charge on any atom is -0.354 e. The van der Waals surface area contributed by atoms with Crippen LogP contribution in [0.3, 0.4) is 0 Å². The fourth-order valence-corrected chi connectivity index (χ4v) is 2.97. The summed E-state index contributed by atoms with van der Waals surface area (Å²) in [7, 11) is 0. The van der Waals surface area contributed by atoms with Gasteiger partial charge in [0, 0.05) is 36.3 Å². The molecule has 4 rings (SSSR count). The van der Waals surface area contributed by atoms with Crippen molar-refractivity contribution in [2.24, 2.45) is 0 Å². The lowest BCUT2D eigenvalue weighted by atomic mass is 10.1. The molecule has 0 atom stereocenters. The van der Waals surface area contributed by atoms with Crippen molar-refractivity contribution in [2.45, 2.75) is 13.0 Å². The maximum absolute atomic E-state index is 12.9. The van der Waals surface area contributed by atoms with Crippen LogP contribution in [-0.2, 0) is 6.42 Å². The molecule has 27 heavy (non-hydrogen) atoms. The van der Waals surface area contributed by atoms with Crippen molar-refractivity contribution in [3.8, 4) is 11.3 Å². The van der Waals surface area contributed by atoms with Gasteiger partial charge in [-0.05, 0) is 6.07 Å². The highest BCUT2D eigenvalue weighted by atomic mass is 19.3. The van der Waals surface area contributed by atoms with Crippen molar-refractivity contribution < 1.29 is 8.78 Å². The number of anilines is 1. The van der Waals surface area contributed by atoms with Crippen LogP contribution in [0, 0.1) is 0 Å². The molecule has 0 fully saturated rings. The molecule has 0 radical (unpaired) electrons. The van der Waals surface area contributed by atoms with Gasteiger partial charge >= 0.3 is 6.55 Å². The van der Waals surface area contributed by atoms with Gasteiger partial charge in [0.15, 0.2) is 0 Å². The average molecular weight is 365 g/mol. The molecular weight excluding hydrogens is 348 g/mol. The first-order valence-electron chi connectivity index (χ1n) is 8.58. The quantitative estimate of drug-likeness (QED) is 0.545. The Morgan fingerprint density at radius 3 is 2.56 bits per heavy atom. The van der Waals surface area contributed by atoms with Gasteiger partial charge in [0.25, 0.3) is 0 Å². The van der Waals surface area contributed by atoms with Gasteiger partial charge in [-0.1, -0.05) is 48.5 Å². The highest BCUT2D eigenvalue weighted by Crippen LogP contribution is 2.27. The molecule has 1 N–H and O–H groups in total. The SMILES string of the molecule is FC(F)n1ccnc1CCNc1nc(-c2ccccc2)c2ccccc2n1. The number of hydrogen-bond acceptors (Lipinski definition) is 4. The zero-order chi connectivity index (χ0) is 18.6. The Morgan fingerprint density at radius 2 is 1.74 bits per heavy atom. The lowest BCUT2D eigenvalue weighted by Gasteiger charge is -2.11. The third-order valence-corrected chi connectivity index (χ3v) is 4.24. The van der Waals surface area contributed by atoms with Crippen LogP contribution in [0.15, 0.2) is 67.0 Å². The number of halogens is 2. The number of benzene rings is 2. The standard InChI is InChI=1S/C20H17F2N5/c21-19(22)27-13-12-23-17(27)10-11-24-20-25-16-9-5-4-8-15(16)18(26-20)14-6-2-1-3-7-14/h1-9,12-13,19H,10-11H2,(H,24,25,26). The molecule has 2 heterocycles. The van der Waals surface area contributed by atoms with Gasteiger partial charge in [-0.3, -0.25) is 4.57 Å². The van der Waals surface area contributed by atoms with Crippen LogP contribution in [0.25, 0.3) is 22.2 Å². The van der Waals surface area contributed by atoms with E-state index in [1.807, 2.05) is 54.6 Å². The van der Waals surface area contributed by atoms with Crippen LogP contribution in [0.4, 0.5) is 14.7 Å². The smallest absolute Gasteiger partial charge is 0.319 e. The summed E-state index contributed by atoms with van der Waals surface area (Å²) >= 11 is 0. The van der Waals surface area contributed by atoms with Crippen LogP contribution < -0.4 is 5.32 Å². The van der Waals surface area contributed by atoms with Crippen molar-refractivity contribution in [3.05, 3.63) is 72.8 Å². The normalized spacial score (nSPS) is 11.2. The first kappa shape index (κ1) is 17.1. The van der Waals surface area contributed by atoms with Gasteiger partial charge in [0.2, 0.25) is 5.95 Å². The van der Waals surface area contributed by atoms with Gasteiger partial charge in [-0.2, -0.15) is 8.78 Å². The molecule has 0 aliphatic heterocycles. The molecule has 4 aromatic rings. The fourth-order valence-electron chi connectivity index (χ4n) is 2.97. The van der Waals surface area contributed by atoms with E-state index in [2.05, 4.69) is 20.3 Å². The zero-order valence-electron chi connectivity index (χ0n) is 14.4. The Labute approximate surface area is 154 Å². The number of rotatable bonds is 6. The summed E-state index contributed by atoms with van der Waals surface area (Å²) in [5, 5.41) is 4.09. The summed E-state index contributed by atoms with van der Waals surface area (Å²) in [4.78, 5) is 13.2. The highest BCUT2D eigenvalue weighted by Gasteiger charge is 2.12. The molecule has 0 aliphatic rings. The Balaban J connectivity index is 1.60. The number of imidazole rings is 1. The molecular formula is C20H17F2N5. The molecule has 5 nitrogen and oxygen atoms in total. The van der Waals surface area contributed by atoms with Crippen molar-refractivity contribution >= 4 is 16.9 Å². The van der Waals surface area contributed by atoms with Crippen molar-refractivity contribution in [1.29, 1.82) is 0 Å². The van der Waals surface area contributed by atoms with E-state index in [0.29, 0.717) is 24.7 Å². The minimum absolute atomic E-state index is 0.321. The summed E-state index contributed by atoms with van der Waals surface area (Å²) < 4.78 is 26.7. The van der Waals surface area contributed by atoms with Crippen LogP contribution in [-0.4, -0.2) is 26.1 Å². The van der Waals surface area contributed by atoms with E-state index in [-0.39, 0.29) is 0 Å². The van der Waals surface area contributed by atoms with Crippen LogP contribution in [0.2, 0.25) is 0 Å². The second kappa shape index (κ2) is 7.49. The molecule has 0 aliphatic carbocycles. The van der Waals surface area contributed by atoms with Crippen LogP contribution in [0.1, 0.15) is 12.4 Å². The first-order valence-corrected chi connectivity index (χ1v) is 8.58. The molecule has 0 saturated carbocycles. The second-order valence-electron chi connectivity index (χ2n) is 5.98. The molecule has 0 bridgehead atoms. The largest absolute Gasteiger partial charge is 0.354 e. The summed E-state index contributed by atoms with van der Waals surface area (Å²) in [5.41, 5.74) is 2.65. The third kappa shape index (κ3) is 3.62. The van der Waals surface area contributed by atoms with Crippen molar-refractivity contribution in [3.63, 3.8) is 0 Å². The molecule has 136 valence electrons. The second-order valence-corrected chi connectivity index (χ2v) is 5.98. The number of alkyl halides is 2. The van der Waals surface area contributed by atoms with Gasteiger partial charge < -0.3 is 5.32 Å². The lowest BCUT2D eigenvalue weighted by molar-refractivity contribution is 0.0671. The molecule has 0 unspecified atom stereocenters. The number of fused-ring (bicyclic) bond motifs is 1. The van der Waals surface area contributed by atoms with Crippen LogP contribution >= 0.6 is 0 Å². The van der Waals surface area contributed by atoms with E-state index >= 15 is 0 Å². The zero-order valence-corrected chi connectivity index (χ0v) is 14.4. The van der Waals surface area contributed by atoms with Gasteiger partial charge in [-0.25, -0.2) is 15.0 Å². The topological polar surface area (TPSA) is 55.6 Å². The molecule has 7 heteroatoms. The Morgan fingerprint density at radius 1 is 0.963 bits per heavy atom. The number of nitrogens with one attached hydrogen (secondary N) is 1. The highest BCUT2D eigenvalue weighted by molar-refractivity contribution is 5.93. The summed E-state index contributed by atoms with van der Waals surface area (Å²) in [5.74, 6) is 0.782. The van der Waals surface area contributed by atoms with Gasteiger partial charge in [0.05, 0.1) is 11.2 Å². The fraction of sp³-hybridized carbons (Fsp3) is 0.150. The predicted octanol–water partition coefficient (Wildman–Crippen LogP) is 4.54. The average Bonchev–Trinajstić information content (AvgIpc) is 3.17. The van der Waals surface area contributed by atoms with E-state index in [4.69, 9.17) is 0 Å².